The smallest absolute Gasteiger partial charge is 0.264 e. The normalized spacial score (nSPS) is 11.1. The first kappa shape index (κ1) is 22.0. The molecular formula is C20H25ClN2O4S. The fourth-order valence-corrected chi connectivity index (χ4v) is 4.21. The Morgan fingerprint density at radius 3 is 2.46 bits per heavy atom. The molecule has 0 aliphatic carbocycles. The van der Waals surface area contributed by atoms with Gasteiger partial charge in [-0.15, -0.1) is 0 Å². The summed E-state index contributed by atoms with van der Waals surface area (Å²) in [6, 6.07) is 12.4. The molecule has 2 aromatic rings. The summed E-state index contributed by atoms with van der Waals surface area (Å²) in [5, 5.41) is 3.16. The number of amides is 1. The number of hydrogen-bond acceptors (Lipinski definition) is 4. The van der Waals surface area contributed by atoms with Gasteiger partial charge in [-0.25, -0.2) is 8.42 Å². The lowest BCUT2D eigenvalue weighted by Gasteiger charge is -2.24. The van der Waals surface area contributed by atoms with Crippen molar-refractivity contribution in [1.29, 1.82) is 0 Å². The second-order valence-electron chi connectivity index (χ2n) is 6.22. The zero-order valence-corrected chi connectivity index (χ0v) is 17.6. The molecule has 0 saturated carbocycles. The molecule has 6 nitrogen and oxygen atoms in total. The van der Waals surface area contributed by atoms with Crippen molar-refractivity contribution < 1.29 is 17.9 Å². The number of nitrogens with zero attached hydrogens (tertiary/aromatic N) is 1. The monoisotopic (exact) mass is 424 g/mol. The van der Waals surface area contributed by atoms with Crippen LogP contribution in [0.3, 0.4) is 0 Å². The highest BCUT2D eigenvalue weighted by Gasteiger charge is 2.27. The summed E-state index contributed by atoms with van der Waals surface area (Å²) in [7, 11) is -2.46. The van der Waals surface area contributed by atoms with E-state index < -0.39 is 10.0 Å². The number of hydrogen-bond donors (Lipinski definition) is 1. The molecule has 28 heavy (non-hydrogen) atoms. The molecule has 0 atom stereocenters. The van der Waals surface area contributed by atoms with Crippen molar-refractivity contribution in [3.63, 3.8) is 0 Å². The lowest BCUT2D eigenvalue weighted by molar-refractivity contribution is -0.119. The van der Waals surface area contributed by atoms with Crippen LogP contribution in [0.4, 0.5) is 5.69 Å². The fourth-order valence-electron chi connectivity index (χ4n) is 2.61. The lowest BCUT2D eigenvalue weighted by Crippen LogP contribution is -2.41. The number of sulfonamides is 1. The van der Waals surface area contributed by atoms with Crippen LogP contribution in [0, 0.1) is 0 Å². The maximum atomic E-state index is 13.2. The van der Waals surface area contributed by atoms with E-state index in [0.717, 1.165) is 23.6 Å². The van der Waals surface area contributed by atoms with Gasteiger partial charge >= 0.3 is 0 Å². The molecule has 0 heterocycles. The van der Waals surface area contributed by atoms with E-state index in [-0.39, 0.29) is 17.3 Å². The van der Waals surface area contributed by atoms with Gasteiger partial charge in [0.05, 0.1) is 17.7 Å². The van der Waals surface area contributed by atoms with E-state index in [2.05, 4.69) is 12.2 Å². The van der Waals surface area contributed by atoms with Crippen LogP contribution >= 0.6 is 11.6 Å². The van der Waals surface area contributed by atoms with Gasteiger partial charge < -0.3 is 10.1 Å². The van der Waals surface area contributed by atoms with Gasteiger partial charge in [-0.2, -0.15) is 0 Å². The second-order valence-corrected chi connectivity index (χ2v) is 8.52. The quantitative estimate of drug-likeness (QED) is 0.588. The largest absolute Gasteiger partial charge is 0.497 e. The maximum Gasteiger partial charge on any atom is 0.264 e. The Morgan fingerprint density at radius 2 is 1.86 bits per heavy atom. The third-order valence-corrected chi connectivity index (χ3v) is 6.16. The molecule has 0 aromatic heterocycles. The fraction of sp³-hybridized carbons (Fsp3) is 0.350. The maximum absolute atomic E-state index is 13.2. The zero-order valence-electron chi connectivity index (χ0n) is 16.0. The SMILES string of the molecule is CCCCCNC(=O)CN(c1cccc(Cl)c1)S(=O)(=O)c1ccc(OC)cc1. The summed E-state index contributed by atoms with van der Waals surface area (Å²) >= 11 is 6.04. The Kier molecular flexibility index (Phi) is 8.14. The number of methoxy groups -OCH3 is 1. The second kappa shape index (κ2) is 10.3. The highest BCUT2D eigenvalue weighted by molar-refractivity contribution is 7.92. The summed E-state index contributed by atoms with van der Waals surface area (Å²) in [6.45, 7) is 2.25. The molecule has 0 unspecified atom stereocenters. The summed E-state index contributed by atoms with van der Waals surface area (Å²) in [5.41, 5.74) is 0.326. The van der Waals surface area contributed by atoms with E-state index in [1.165, 1.54) is 25.3 Å². The van der Waals surface area contributed by atoms with Crippen LogP contribution in [-0.2, 0) is 14.8 Å². The van der Waals surface area contributed by atoms with Gasteiger partial charge in [0.2, 0.25) is 5.91 Å². The van der Waals surface area contributed by atoms with E-state index in [9.17, 15) is 13.2 Å². The Balaban J connectivity index is 2.30. The number of carbonyl (C=O) groups excluding carboxylic acids is 1. The van der Waals surface area contributed by atoms with Crippen LogP contribution in [0.15, 0.2) is 53.4 Å². The van der Waals surface area contributed by atoms with E-state index >= 15 is 0 Å². The Labute approximate surface area is 171 Å². The summed E-state index contributed by atoms with van der Waals surface area (Å²) in [4.78, 5) is 12.4. The molecule has 152 valence electrons. The number of anilines is 1. The Hall–Kier alpha value is -2.25. The van der Waals surface area contributed by atoms with Crippen molar-refractivity contribution in [3.8, 4) is 5.75 Å². The number of carbonyl (C=O) groups is 1. The average molecular weight is 425 g/mol. The molecule has 0 aliphatic rings. The van der Waals surface area contributed by atoms with Crippen LogP contribution in [-0.4, -0.2) is 34.5 Å². The molecule has 0 radical (unpaired) electrons. The topological polar surface area (TPSA) is 75.7 Å². The molecule has 8 heteroatoms. The first-order chi connectivity index (χ1) is 13.4. The van der Waals surface area contributed by atoms with Crippen LogP contribution in [0.25, 0.3) is 0 Å². The zero-order chi connectivity index (χ0) is 20.6. The Bertz CT molecular complexity index is 885. The molecule has 2 aromatic carbocycles. The van der Waals surface area contributed by atoms with Crippen molar-refractivity contribution in [1.82, 2.24) is 5.32 Å². The third kappa shape index (κ3) is 5.87. The highest BCUT2D eigenvalue weighted by atomic mass is 35.5. The minimum atomic E-state index is -3.97. The molecule has 0 aliphatic heterocycles. The van der Waals surface area contributed by atoms with Crippen molar-refractivity contribution >= 4 is 33.2 Å². The molecule has 1 amide bonds. The minimum absolute atomic E-state index is 0.0621. The summed E-state index contributed by atoms with van der Waals surface area (Å²) in [5.74, 6) is 0.176. The summed E-state index contributed by atoms with van der Waals surface area (Å²) in [6.07, 6.45) is 2.89. The van der Waals surface area contributed by atoms with Crippen LogP contribution in [0.1, 0.15) is 26.2 Å². The molecular weight excluding hydrogens is 400 g/mol. The molecule has 0 fully saturated rings. The number of halogens is 1. The summed E-state index contributed by atoms with van der Waals surface area (Å²) < 4.78 is 32.6. The number of ether oxygens (including phenoxy) is 1. The van der Waals surface area contributed by atoms with Gasteiger partial charge in [-0.05, 0) is 48.9 Å². The van der Waals surface area contributed by atoms with Crippen molar-refractivity contribution in [2.24, 2.45) is 0 Å². The van der Waals surface area contributed by atoms with E-state index in [4.69, 9.17) is 16.3 Å². The minimum Gasteiger partial charge on any atom is -0.497 e. The van der Waals surface area contributed by atoms with Crippen LogP contribution in [0.5, 0.6) is 5.75 Å². The molecule has 0 bridgehead atoms. The van der Waals surface area contributed by atoms with E-state index in [0.29, 0.717) is 23.0 Å². The van der Waals surface area contributed by atoms with Crippen LogP contribution in [0.2, 0.25) is 5.02 Å². The first-order valence-corrected chi connectivity index (χ1v) is 10.9. The van der Waals surface area contributed by atoms with Crippen LogP contribution < -0.4 is 14.4 Å². The Morgan fingerprint density at radius 1 is 1.14 bits per heavy atom. The molecule has 0 spiro atoms. The average Bonchev–Trinajstić information content (AvgIpc) is 2.69. The third-order valence-electron chi connectivity index (χ3n) is 4.13. The first-order valence-electron chi connectivity index (χ1n) is 9.07. The van der Waals surface area contributed by atoms with E-state index in [1.807, 2.05) is 0 Å². The standard InChI is InChI=1S/C20H25ClN2O4S/c1-3-4-5-13-22-20(24)15-23(17-8-6-7-16(21)14-17)28(25,26)19-11-9-18(27-2)10-12-19/h6-12,14H,3-5,13,15H2,1-2H3,(H,22,24). The number of benzene rings is 2. The van der Waals surface area contributed by atoms with Gasteiger partial charge in [0, 0.05) is 11.6 Å². The highest BCUT2D eigenvalue weighted by Crippen LogP contribution is 2.27. The molecule has 0 saturated heterocycles. The predicted molar refractivity (Wildman–Crippen MR) is 112 cm³/mol. The van der Waals surface area contributed by atoms with Gasteiger partial charge in [0.15, 0.2) is 0 Å². The molecule has 1 N–H and O–H groups in total. The predicted octanol–water partition coefficient (Wildman–Crippen LogP) is 3.85. The van der Waals surface area contributed by atoms with Gasteiger partial charge in [-0.3, -0.25) is 9.10 Å². The lowest BCUT2D eigenvalue weighted by atomic mass is 10.2. The van der Waals surface area contributed by atoms with E-state index in [1.54, 1.807) is 30.3 Å². The van der Waals surface area contributed by atoms with Gasteiger partial charge in [0.1, 0.15) is 12.3 Å². The van der Waals surface area contributed by atoms with Crippen molar-refractivity contribution in [2.75, 3.05) is 24.5 Å². The number of rotatable bonds is 10. The van der Waals surface area contributed by atoms with Crippen molar-refractivity contribution in [3.05, 3.63) is 53.6 Å². The van der Waals surface area contributed by atoms with Gasteiger partial charge in [-0.1, -0.05) is 37.4 Å². The van der Waals surface area contributed by atoms with Crippen molar-refractivity contribution in [2.45, 2.75) is 31.1 Å². The number of nitrogens with one attached hydrogen (secondary N) is 1. The number of unbranched alkanes of at least 4 members (excludes halogenated alkanes) is 2. The van der Waals surface area contributed by atoms with Gasteiger partial charge in [0.25, 0.3) is 10.0 Å². The molecule has 2 rings (SSSR count).